The number of nitrogens with one attached hydrogen (secondary N) is 1. The maximum absolute atomic E-state index is 12.6. The minimum absolute atomic E-state index is 0.0651. The van der Waals surface area contributed by atoms with E-state index in [9.17, 15) is 9.59 Å². The molecule has 3 aromatic carbocycles. The van der Waals surface area contributed by atoms with Crippen molar-refractivity contribution in [2.45, 2.75) is 13.8 Å². The van der Waals surface area contributed by atoms with Crippen molar-refractivity contribution in [1.82, 2.24) is 4.98 Å². The van der Waals surface area contributed by atoms with Crippen LogP contribution in [-0.4, -0.2) is 16.7 Å². The highest BCUT2D eigenvalue weighted by Crippen LogP contribution is 2.31. The molecule has 4 aromatic rings. The van der Waals surface area contributed by atoms with Crippen LogP contribution in [-0.2, 0) is 0 Å². The highest BCUT2D eigenvalue weighted by atomic mass is 32.1. The van der Waals surface area contributed by atoms with E-state index < -0.39 is 0 Å². The Hall–Kier alpha value is -3.31. The van der Waals surface area contributed by atoms with Crippen LogP contribution < -0.4 is 5.32 Å². The highest BCUT2D eigenvalue weighted by Gasteiger charge is 2.14. The van der Waals surface area contributed by atoms with Crippen LogP contribution in [0.4, 0.5) is 5.13 Å². The Morgan fingerprint density at radius 3 is 2.07 bits per heavy atom. The fourth-order valence-corrected chi connectivity index (χ4v) is 4.02. The van der Waals surface area contributed by atoms with Crippen molar-refractivity contribution in [3.8, 4) is 0 Å². The van der Waals surface area contributed by atoms with Crippen LogP contribution in [0.5, 0.6) is 0 Å². The van der Waals surface area contributed by atoms with Crippen LogP contribution in [0, 0.1) is 13.8 Å². The summed E-state index contributed by atoms with van der Waals surface area (Å²) >= 11 is 1.47. The highest BCUT2D eigenvalue weighted by molar-refractivity contribution is 7.22. The normalized spacial score (nSPS) is 10.8. The van der Waals surface area contributed by atoms with Crippen molar-refractivity contribution in [2.24, 2.45) is 0 Å². The Labute approximate surface area is 166 Å². The topological polar surface area (TPSA) is 59.1 Å². The largest absolute Gasteiger partial charge is 0.298 e. The first-order valence-corrected chi connectivity index (χ1v) is 9.72. The molecule has 1 heterocycles. The van der Waals surface area contributed by atoms with Crippen molar-refractivity contribution in [3.05, 3.63) is 94.5 Å². The molecule has 4 rings (SSSR count). The van der Waals surface area contributed by atoms with Gasteiger partial charge in [-0.2, -0.15) is 0 Å². The molecular weight excluding hydrogens is 368 g/mol. The average molecular weight is 386 g/mol. The second-order valence-electron chi connectivity index (χ2n) is 6.62. The standard InChI is InChI=1S/C23H18N2O2S/c1-14-8-9-15(2)21-19(14)24-23(28-21)25-22(27)18-12-10-17(11-13-18)20(26)16-6-4-3-5-7-16/h3-13H,1-2H3,(H,24,25,27). The molecule has 0 fully saturated rings. The van der Waals surface area contributed by atoms with Gasteiger partial charge in [-0.15, -0.1) is 0 Å². The third-order valence-corrected chi connectivity index (χ3v) is 5.71. The summed E-state index contributed by atoms with van der Waals surface area (Å²) in [6, 6.07) is 19.9. The Morgan fingerprint density at radius 2 is 1.39 bits per heavy atom. The molecule has 1 aromatic heterocycles. The minimum atomic E-state index is -0.243. The summed E-state index contributed by atoms with van der Waals surface area (Å²) in [5.41, 5.74) is 4.80. The van der Waals surface area contributed by atoms with E-state index in [1.807, 2.05) is 38.1 Å². The van der Waals surface area contributed by atoms with Gasteiger partial charge in [0.05, 0.1) is 10.2 Å². The summed E-state index contributed by atoms with van der Waals surface area (Å²) in [6.07, 6.45) is 0. The summed E-state index contributed by atoms with van der Waals surface area (Å²) in [4.78, 5) is 29.6. The number of fused-ring (bicyclic) bond motifs is 1. The molecular formula is C23H18N2O2S. The minimum Gasteiger partial charge on any atom is -0.298 e. The lowest BCUT2D eigenvalue weighted by molar-refractivity contribution is 0.102. The molecule has 0 saturated heterocycles. The van der Waals surface area contributed by atoms with E-state index >= 15 is 0 Å². The summed E-state index contributed by atoms with van der Waals surface area (Å²) in [6.45, 7) is 4.05. The Morgan fingerprint density at radius 1 is 0.786 bits per heavy atom. The van der Waals surface area contributed by atoms with Crippen molar-refractivity contribution in [2.75, 3.05) is 5.32 Å². The first-order chi connectivity index (χ1) is 13.5. The predicted molar refractivity (Wildman–Crippen MR) is 113 cm³/mol. The lowest BCUT2D eigenvalue weighted by atomic mass is 10.0. The number of ketones is 1. The van der Waals surface area contributed by atoms with E-state index in [1.165, 1.54) is 11.3 Å². The number of rotatable bonds is 4. The molecule has 28 heavy (non-hydrogen) atoms. The van der Waals surface area contributed by atoms with Gasteiger partial charge in [-0.05, 0) is 37.1 Å². The molecule has 0 aliphatic rings. The number of carbonyl (C=O) groups excluding carboxylic acids is 2. The van der Waals surface area contributed by atoms with Crippen molar-refractivity contribution in [1.29, 1.82) is 0 Å². The van der Waals surface area contributed by atoms with E-state index in [4.69, 9.17) is 0 Å². The van der Waals surface area contributed by atoms with Crippen LogP contribution in [0.3, 0.4) is 0 Å². The van der Waals surface area contributed by atoms with Gasteiger partial charge in [0, 0.05) is 16.7 Å². The molecule has 1 amide bonds. The number of anilines is 1. The van der Waals surface area contributed by atoms with Gasteiger partial charge < -0.3 is 0 Å². The molecule has 0 aliphatic heterocycles. The van der Waals surface area contributed by atoms with E-state index in [2.05, 4.69) is 16.4 Å². The van der Waals surface area contributed by atoms with Gasteiger partial charge in [0.25, 0.3) is 5.91 Å². The monoisotopic (exact) mass is 386 g/mol. The Kier molecular flexibility index (Phi) is 4.75. The van der Waals surface area contributed by atoms with Crippen molar-refractivity contribution in [3.63, 3.8) is 0 Å². The van der Waals surface area contributed by atoms with Crippen LogP contribution in [0.25, 0.3) is 10.2 Å². The number of aryl methyl sites for hydroxylation is 2. The number of hydrogen-bond donors (Lipinski definition) is 1. The fraction of sp³-hybridized carbons (Fsp3) is 0.0870. The predicted octanol–water partition coefficient (Wildman–Crippen LogP) is 5.40. The summed E-state index contributed by atoms with van der Waals surface area (Å²) in [7, 11) is 0. The summed E-state index contributed by atoms with van der Waals surface area (Å²) < 4.78 is 1.08. The summed E-state index contributed by atoms with van der Waals surface area (Å²) in [5.74, 6) is -0.308. The maximum Gasteiger partial charge on any atom is 0.257 e. The smallest absolute Gasteiger partial charge is 0.257 e. The van der Waals surface area contributed by atoms with Gasteiger partial charge in [0.1, 0.15) is 0 Å². The fourth-order valence-electron chi connectivity index (χ4n) is 3.01. The van der Waals surface area contributed by atoms with Crippen molar-refractivity contribution >= 4 is 38.4 Å². The van der Waals surface area contributed by atoms with E-state index in [0.717, 1.165) is 21.3 Å². The lowest BCUT2D eigenvalue weighted by Crippen LogP contribution is -2.12. The number of hydrogen-bond acceptors (Lipinski definition) is 4. The number of aromatic nitrogens is 1. The number of amides is 1. The van der Waals surface area contributed by atoms with Crippen LogP contribution >= 0.6 is 11.3 Å². The molecule has 4 nitrogen and oxygen atoms in total. The lowest BCUT2D eigenvalue weighted by Gasteiger charge is -2.04. The number of thiazole rings is 1. The van der Waals surface area contributed by atoms with E-state index in [1.54, 1.807) is 36.4 Å². The van der Waals surface area contributed by atoms with Crippen molar-refractivity contribution < 1.29 is 9.59 Å². The van der Waals surface area contributed by atoms with Gasteiger partial charge >= 0.3 is 0 Å². The van der Waals surface area contributed by atoms with Crippen LogP contribution in [0.15, 0.2) is 66.7 Å². The molecule has 0 radical (unpaired) electrons. The molecule has 138 valence electrons. The molecule has 1 N–H and O–H groups in total. The zero-order chi connectivity index (χ0) is 19.7. The number of carbonyl (C=O) groups is 2. The summed E-state index contributed by atoms with van der Waals surface area (Å²) in [5, 5.41) is 3.44. The first kappa shape index (κ1) is 18.1. The quantitative estimate of drug-likeness (QED) is 0.478. The molecule has 0 bridgehead atoms. The van der Waals surface area contributed by atoms with Gasteiger partial charge in [0.15, 0.2) is 10.9 Å². The molecule has 0 saturated carbocycles. The first-order valence-electron chi connectivity index (χ1n) is 8.91. The molecule has 0 unspecified atom stereocenters. The maximum atomic E-state index is 12.6. The van der Waals surface area contributed by atoms with Gasteiger partial charge in [-0.25, -0.2) is 4.98 Å². The second-order valence-corrected chi connectivity index (χ2v) is 7.62. The van der Waals surface area contributed by atoms with Gasteiger partial charge in [-0.1, -0.05) is 65.9 Å². The molecule has 5 heteroatoms. The van der Waals surface area contributed by atoms with Crippen LogP contribution in [0.1, 0.15) is 37.4 Å². The molecule has 0 spiro atoms. The number of nitrogens with zero attached hydrogens (tertiary/aromatic N) is 1. The third kappa shape index (κ3) is 3.44. The molecule has 0 aliphatic carbocycles. The number of benzene rings is 3. The molecule has 0 atom stereocenters. The average Bonchev–Trinajstić information content (AvgIpc) is 3.16. The Balaban J connectivity index is 1.53. The SMILES string of the molecule is Cc1ccc(C)c2sc(NC(=O)c3ccc(C(=O)c4ccccc4)cc3)nc12. The van der Waals surface area contributed by atoms with Crippen LogP contribution in [0.2, 0.25) is 0 Å². The van der Waals surface area contributed by atoms with Gasteiger partial charge in [0.2, 0.25) is 0 Å². The second kappa shape index (κ2) is 7.37. The Bertz CT molecular complexity index is 1140. The van der Waals surface area contributed by atoms with Gasteiger partial charge in [-0.3, -0.25) is 14.9 Å². The zero-order valence-corrected chi connectivity index (χ0v) is 16.3. The third-order valence-electron chi connectivity index (χ3n) is 4.61. The van der Waals surface area contributed by atoms with E-state index in [-0.39, 0.29) is 11.7 Å². The zero-order valence-electron chi connectivity index (χ0n) is 15.5. The van der Waals surface area contributed by atoms with E-state index in [0.29, 0.717) is 21.8 Å².